The van der Waals surface area contributed by atoms with E-state index in [1.54, 1.807) is 22.8 Å². The van der Waals surface area contributed by atoms with E-state index in [4.69, 9.17) is 4.74 Å². The number of nitrogens with one attached hydrogen (secondary N) is 1. The lowest BCUT2D eigenvalue weighted by Gasteiger charge is -2.21. The van der Waals surface area contributed by atoms with Crippen LogP contribution < -0.4 is 15.0 Å². The fourth-order valence-electron chi connectivity index (χ4n) is 3.28. The Balaban J connectivity index is 1.71. The highest BCUT2D eigenvalue weighted by Gasteiger charge is 2.31. The van der Waals surface area contributed by atoms with E-state index in [2.05, 4.69) is 10.4 Å². The number of likely N-dealkylation sites (N-methyl/N-ethyl adjacent to an activating group) is 1. The summed E-state index contributed by atoms with van der Waals surface area (Å²) in [5, 5.41) is 7.24. The zero-order valence-corrected chi connectivity index (χ0v) is 16.5. The molecule has 2 aromatic rings. The Kier molecular flexibility index (Phi) is 5.41. The maximum Gasteiger partial charge on any atom is 0.245 e. The van der Waals surface area contributed by atoms with Crippen molar-refractivity contribution < 1.29 is 17.9 Å². The van der Waals surface area contributed by atoms with Crippen molar-refractivity contribution >= 4 is 27.2 Å². The van der Waals surface area contributed by atoms with Crippen LogP contribution >= 0.6 is 0 Å². The Labute approximate surface area is 159 Å². The van der Waals surface area contributed by atoms with Gasteiger partial charge in [-0.25, -0.2) is 13.1 Å². The van der Waals surface area contributed by atoms with Gasteiger partial charge in [0.2, 0.25) is 5.91 Å². The molecule has 1 fully saturated rings. The number of hydrogen-bond donors (Lipinski definition) is 1. The van der Waals surface area contributed by atoms with Crippen molar-refractivity contribution in [1.29, 1.82) is 0 Å². The molecule has 1 saturated heterocycles. The molecule has 9 heteroatoms. The van der Waals surface area contributed by atoms with Crippen molar-refractivity contribution in [3.8, 4) is 5.75 Å². The number of carbonyl (C=O) groups excluding carboxylic acids is 1. The minimum atomic E-state index is -3.04. The van der Waals surface area contributed by atoms with Gasteiger partial charge in [-0.05, 0) is 25.5 Å². The Hall–Kier alpha value is -2.55. The van der Waals surface area contributed by atoms with Crippen molar-refractivity contribution in [2.75, 3.05) is 42.4 Å². The Bertz CT molecular complexity index is 939. The maximum absolute atomic E-state index is 12.5. The summed E-state index contributed by atoms with van der Waals surface area (Å²) in [5.41, 5.74) is 1.54. The van der Waals surface area contributed by atoms with Gasteiger partial charge >= 0.3 is 0 Å². The number of amides is 1. The second-order valence-electron chi connectivity index (χ2n) is 6.75. The normalized spacial score (nSPS) is 18.3. The van der Waals surface area contributed by atoms with Crippen LogP contribution in [-0.2, 0) is 14.6 Å². The zero-order chi connectivity index (χ0) is 19.6. The summed E-state index contributed by atoms with van der Waals surface area (Å²) in [4.78, 5) is 14.3. The molecule has 3 rings (SSSR count). The summed E-state index contributed by atoms with van der Waals surface area (Å²) < 4.78 is 30.5. The molecule has 1 aromatic heterocycles. The summed E-state index contributed by atoms with van der Waals surface area (Å²) in [5.74, 6) is 1.20. The number of hydrogen-bond acceptors (Lipinski definition) is 6. The van der Waals surface area contributed by atoms with Crippen LogP contribution in [0.25, 0.3) is 0 Å². The maximum atomic E-state index is 12.5. The molecule has 1 unspecified atom stereocenters. The highest BCUT2D eigenvalue weighted by molar-refractivity contribution is 7.91. The van der Waals surface area contributed by atoms with Crippen LogP contribution in [0.15, 0.2) is 30.3 Å². The number of rotatable bonds is 6. The summed E-state index contributed by atoms with van der Waals surface area (Å²) >= 11 is 0. The van der Waals surface area contributed by atoms with Crippen LogP contribution in [0.1, 0.15) is 18.2 Å². The van der Waals surface area contributed by atoms with E-state index in [0.717, 1.165) is 11.4 Å². The molecule has 1 aliphatic heterocycles. The molecule has 2 heterocycles. The number of anilines is 2. The minimum Gasteiger partial charge on any atom is -0.495 e. The van der Waals surface area contributed by atoms with Crippen LogP contribution in [-0.4, -0.2) is 56.3 Å². The number of ether oxygens (including phenoxy) is 1. The average Bonchev–Trinajstić information content (AvgIpc) is 3.16. The highest BCUT2D eigenvalue weighted by atomic mass is 32.2. The van der Waals surface area contributed by atoms with E-state index in [1.165, 1.54) is 0 Å². The third-order valence-corrected chi connectivity index (χ3v) is 6.31. The number of sulfone groups is 1. The van der Waals surface area contributed by atoms with Crippen LogP contribution in [0.2, 0.25) is 0 Å². The standard InChI is InChI=1S/C18H24N4O4S/c1-13-10-17(22(20-13)14-8-9-27(24,25)12-14)19-18(23)11-21(2)15-6-4-5-7-16(15)26-3/h4-7,10,14H,8-9,11-12H2,1-3H3,(H,19,23). The summed E-state index contributed by atoms with van der Waals surface area (Å²) in [6.45, 7) is 1.93. The lowest BCUT2D eigenvalue weighted by atomic mass is 10.2. The van der Waals surface area contributed by atoms with Gasteiger partial charge in [0.1, 0.15) is 11.6 Å². The second kappa shape index (κ2) is 7.59. The second-order valence-corrected chi connectivity index (χ2v) is 8.98. The predicted octanol–water partition coefficient (Wildman–Crippen LogP) is 1.63. The van der Waals surface area contributed by atoms with E-state index < -0.39 is 9.84 Å². The number of carbonyl (C=O) groups is 1. The van der Waals surface area contributed by atoms with Gasteiger partial charge < -0.3 is 15.0 Å². The fraction of sp³-hybridized carbons (Fsp3) is 0.444. The number of para-hydroxylation sites is 2. The first-order valence-electron chi connectivity index (χ1n) is 8.69. The van der Waals surface area contributed by atoms with Crippen molar-refractivity contribution in [2.24, 2.45) is 0 Å². The van der Waals surface area contributed by atoms with E-state index in [0.29, 0.717) is 18.0 Å². The van der Waals surface area contributed by atoms with Crippen LogP contribution in [0.4, 0.5) is 11.5 Å². The third kappa shape index (κ3) is 4.41. The number of nitrogens with zero attached hydrogens (tertiary/aromatic N) is 3. The van der Waals surface area contributed by atoms with E-state index in [-0.39, 0.29) is 30.0 Å². The monoisotopic (exact) mass is 392 g/mol. The molecule has 1 aromatic carbocycles. The molecule has 1 amide bonds. The molecule has 27 heavy (non-hydrogen) atoms. The van der Waals surface area contributed by atoms with Gasteiger partial charge in [-0.2, -0.15) is 5.10 Å². The number of benzene rings is 1. The molecule has 0 radical (unpaired) electrons. The molecule has 0 bridgehead atoms. The zero-order valence-electron chi connectivity index (χ0n) is 15.7. The minimum absolute atomic E-state index is 0.0537. The number of aryl methyl sites for hydroxylation is 1. The molecule has 8 nitrogen and oxygen atoms in total. The Morgan fingerprint density at radius 1 is 1.41 bits per heavy atom. The fourth-order valence-corrected chi connectivity index (χ4v) is 4.98. The van der Waals surface area contributed by atoms with Gasteiger partial charge in [0.05, 0.1) is 42.6 Å². The van der Waals surface area contributed by atoms with Crippen molar-refractivity contribution in [3.05, 3.63) is 36.0 Å². The van der Waals surface area contributed by atoms with E-state index >= 15 is 0 Å². The lowest BCUT2D eigenvalue weighted by molar-refractivity contribution is -0.115. The van der Waals surface area contributed by atoms with Crippen LogP contribution in [0.5, 0.6) is 5.75 Å². The van der Waals surface area contributed by atoms with Crippen LogP contribution in [0.3, 0.4) is 0 Å². The first-order chi connectivity index (χ1) is 12.8. The third-order valence-electron chi connectivity index (χ3n) is 4.56. The summed E-state index contributed by atoms with van der Waals surface area (Å²) in [7, 11) is 0.358. The van der Waals surface area contributed by atoms with Gasteiger partial charge in [-0.3, -0.25) is 4.79 Å². The molecule has 0 spiro atoms. The van der Waals surface area contributed by atoms with Gasteiger partial charge in [-0.15, -0.1) is 0 Å². The summed E-state index contributed by atoms with van der Waals surface area (Å²) in [6.07, 6.45) is 0.507. The van der Waals surface area contributed by atoms with Crippen molar-refractivity contribution in [1.82, 2.24) is 9.78 Å². The topological polar surface area (TPSA) is 93.5 Å². The van der Waals surface area contributed by atoms with Gasteiger partial charge in [0, 0.05) is 13.1 Å². The first-order valence-corrected chi connectivity index (χ1v) is 10.5. The molecular formula is C18H24N4O4S. The molecule has 0 saturated carbocycles. The Morgan fingerprint density at radius 2 is 2.15 bits per heavy atom. The SMILES string of the molecule is COc1ccccc1N(C)CC(=O)Nc1cc(C)nn1C1CCS(=O)(=O)C1. The molecule has 0 aliphatic carbocycles. The van der Waals surface area contributed by atoms with E-state index in [9.17, 15) is 13.2 Å². The highest BCUT2D eigenvalue weighted by Crippen LogP contribution is 2.28. The van der Waals surface area contributed by atoms with Crippen molar-refractivity contribution in [2.45, 2.75) is 19.4 Å². The molecule has 1 N–H and O–H groups in total. The first kappa shape index (κ1) is 19.2. The molecule has 146 valence electrons. The number of aromatic nitrogens is 2. The van der Waals surface area contributed by atoms with Crippen LogP contribution in [0, 0.1) is 6.92 Å². The smallest absolute Gasteiger partial charge is 0.245 e. The summed E-state index contributed by atoms with van der Waals surface area (Å²) in [6, 6.07) is 8.97. The van der Waals surface area contributed by atoms with Gasteiger partial charge in [-0.1, -0.05) is 12.1 Å². The Morgan fingerprint density at radius 3 is 2.81 bits per heavy atom. The quantitative estimate of drug-likeness (QED) is 0.803. The largest absolute Gasteiger partial charge is 0.495 e. The van der Waals surface area contributed by atoms with Gasteiger partial charge in [0.15, 0.2) is 9.84 Å². The average molecular weight is 392 g/mol. The van der Waals surface area contributed by atoms with Crippen molar-refractivity contribution in [3.63, 3.8) is 0 Å². The van der Waals surface area contributed by atoms with E-state index in [1.807, 2.05) is 38.2 Å². The predicted molar refractivity (Wildman–Crippen MR) is 104 cm³/mol. The van der Waals surface area contributed by atoms with Gasteiger partial charge in [0.25, 0.3) is 0 Å². The lowest BCUT2D eigenvalue weighted by Crippen LogP contribution is -2.31. The number of methoxy groups -OCH3 is 1. The molecule has 1 atom stereocenters. The molecule has 1 aliphatic rings. The molecular weight excluding hydrogens is 368 g/mol.